The number of benzene rings is 1. The van der Waals surface area contributed by atoms with Gasteiger partial charge >= 0.3 is 5.97 Å². The topological polar surface area (TPSA) is 45.3 Å². The Labute approximate surface area is 106 Å². The van der Waals surface area contributed by atoms with E-state index in [0.29, 0.717) is 11.7 Å². The summed E-state index contributed by atoms with van der Waals surface area (Å²) < 4.78 is 5.30. The zero-order chi connectivity index (χ0) is 12.7. The third-order valence-electron chi connectivity index (χ3n) is 3.46. The Kier molecular flexibility index (Phi) is 2.59. The summed E-state index contributed by atoms with van der Waals surface area (Å²) in [7, 11) is 2.11. The lowest BCUT2D eigenvalue weighted by Crippen LogP contribution is -2.41. The van der Waals surface area contributed by atoms with Crippen molar-refractivity contribution in [2.24, 2.45) is 0 Å². The zero-order valence-corrected chi connectivity index (χ0v) is 10.6. The molecule has 2 heterocycles. The quantitative estimate of drug-likeness (QED) is 0.650. The van der Waals surface area contributed by atoms with E-state index in [9.17, 15) is 4.79 Å². The number of ether oxygens (including phenoxy) is 1. The minimum Gasteiger partial charge on any atom is -0.426 e. The van der Waals surface area contributed by atoms with Crippen molar-refractivity contribution < 1.29 is 9.53 Å². The lowest BCUT2D eigenvalue weighted by Gasteiger charge is -2.36. The molecule has 4 nitrogen and oxygen atoms in total. The molecular weight excluding hydrogens is 228 g/mol. The van der Waals surface area contributed by atoms with E-state index in [1.165, 1.54) is 12.5 Å². The normalized spacial score (nSPS) is 16.8. The lowest BCUT2D eigenvalue weighted by molar-refractivity contribution is -0.131. The fourth-order valence-corrected chi connectivity index (χ4v) is 2.63. The van der Waals surface area contributed by atoms with Crippen molar-refractivity contribution in [1.29, 1.82) is 0 Å². The predicted molar refractivity (Wildman–Crippen MR) is 69.8 cm³/mol. The molecule has 0 spiro atoms. The summed E-state index contributed by atoms with van der Waals surface area (Å²) in [5, 5.41) is 1.05. The Morgan fingerprint density at radius 2 is 2.22 bits per heavy atom. The maximum atomic E-state index is 11.2. The van der Waals surface area contributed by atoms with Crippen molar-refractivity contribution in [3.05, 3.63) is 30.0 Å². The van der Waals surface area contributed by atoms with Crippen LogP contribution in [0.3, 0.4) is 0 Å². The number of H-pyrrole nitrogens is 1. The molecule has 0 amide bonds. The highest BCUT2D eigenvalue weighted by Crippen LogP contribution is 2.36. The highest BCUT2D eigenvalue weighted by Gasteiger charge is 2.28. The van der Waals surface area contributed by atoms with Crippen molar-refractivity contribution in [2.75, 3.05) is 20.1 Å². The smallest absolute Gasteiger partial charge is 0.308 e. The van der Waals surface area contributed by atoms with Crippen molar-refractivity contribution >= 4 is 16.9 Å². The van der Waals surface area contributed by atoms with E-state index in [1.54, 1.807) is 0 Å². The van der Waals surface area contributed by atoms with Gasteiger partial charge in [0.25, 0.3) is 0 Å². The van der Waals surface area contributed by atoms with Gasteiger partial charge in [-0.1, -0.05) is 6.07 Å². The van der Waals surface area contributed by atoms with Crippen LogP contribution >= 0.6 is 0 Å². The first-order valence-corrected chi connectivity index (χ1v) is 6.12. The van der Waals surface area contributed by atoms with E-state index in [0.717, 1.165) is 24.0 Å². The number of nitrogens with one attached hydrogen (secondary N) is 1. The summed E-state index contributed by atoms with van der Waals surface area (Å²) in [4.78, 5) is 16.7. The molecule has 18 heavy (non-hydrogen) atoms. The van der Waals surface area contributed by atoms with Crippen LogP contribution in [0, 0.1) is 0 Å². The summed E-state index contributed by atoms with van der Waals surface area (Å²) in [6.07, 6.45) is 2.04. The van der Waals surface area contributed by atoms with Gasteiger partial charge in [0, 0.05) is 43.0 Å². The second-order valence-electron chi connectivity index (χ2n) is 4.93. The van der Waals surface area contributed by atoms with E-state index in [2.05, 4.69) is 16.9 Å². The largest absolute Gasteiger partial charge is 0.426 e. The average molecular weight is 244 g/mol. The first kappa shape index (κ1) is 11.3. The molecule has 1 aromatic carbocycles. The Morgan fingerprint density at radius 3 is 2.89 bits per heavy atom. The summed E-state index contributed by atoms with van der Waals surface area (Å²) in [5.41, 5.74) is 2.28. The van der Waals surface area contributed by atoms with Gasteiger partial charge in [-0.25, -0.2) is 0 Å². The van der Waals surface area contributed by atoms with Crippen LogP contribution in [0.5, 0.6) is 5.75 Å². The van der Waals surface area contributed by atoms with Crippen LogP contribution in [0.4, 0.5) is 0 Å². The number of esters is 1. The van der Waals surface area contributed by atoms with E-state index < -0.39 is 0 Å². The Balaban J connectivity index is 2.06. The van der Waals surface area contributed by atoms with Crippen LogP contribution in [-0.2, 0) is 4.79 Å². The molecular formula is C14H16N2O2. The van der Waals surface area contributed by atoms with Gasteiger partial charge in [-0.05, 0) is 24.7 Å². The zero-order valence-electron chi connectivity index (χ0n) is 10.6. The molecule has 0 unspecified atom stereocenters. The molecule has 4 heteroatoms. The number of rotatable bonds is 2. The Morgan fingerprint density at radius 1 is 1.44 bits per heavy atom. The van der Waals surface area contributed by atoms with Gasteiger partial charge in [0.15, 0.2) is 0 Å². The van der Waals surface area contributed by atoms with Crippen molar-refractivity contribution in [3.8, 4) is 5.75 Å². The number of aromatic amines is 1. The van der Waals surface area contributed by atoms with Gasteiger partial charge in [-0.2, -0.15) is 0 Å². The van der Waals surface area contributed by atoms with Crippen LogP contribution in [0.2, 0.25) is 0 Å². The number of fused-ring (bicyclic) bond motifs is 1. The molecule has 0 aliphatic carbocycles. The van der Waals surface area contributed by atoms with Crippen LogP contribution < -0.4 is 4.74 Å². The number of carbonyl (C=O) groups excluding carboxylic acids is 1. The van der Waals surface area contributed by atoms with Crippen molar-refractivity contribution in [3.63, 3.8) is 0 Å². The van der Waals surface area contributed by atoms with E-state index in [4.69, 9.17) is 4.74 Å². The van der Waals surface area contributed by atoms with Crippen LogP contribution in [0.1, 0.15) is 18.4 Å². The minimum atomic E-state index is -0.277. The number of hydrogen-bond acceptors (Lipinski definition) is 3. The number of nitrogens with zero attached hydrogens (tertiary/aromatic N) is 1. The minimum absolute atomic E-state index is 0.277. The fourth-order valence-electron chi connectivity index (χ4n) is 2.63. The lowest BCUT2D eigenvalue weighted by atomic mass is 9.91. The maximum absolute atomic E-state index is 11.2. The highest BCUT2D eigenvalue weighted by molar-refractivity contribution is 5.91. The number of likely N-dealkylation sites (N-methyl/N-ethyl adjacent to an activating group) is 1. The second kappa shape index (κ2) is 4.14. The molecule has 0 saturated carbocycles. The third kappa shape index (κ3) is 1.78. The van der Waals surface area contributed by atoms with Crippen LogP contribution in [-0.4, -0.2) is 36.0 Å². The first-order valence-electron chi connectivity index (χ1n) is 6.12. The maximum Gasteiger partial charge on any atom is 0.308 e. The number of likely N-dealkylation sites (tertiary alicyclic amines) is 1. The summed E-state index contributed by atoms with van der Waals surface area (Å²) >= 11 is 0. The van der Waals surface area contributed by atoms with E-state index in [1.807, 2.05) is 24.4 Å². The van der Waals surface area contributed by atoms with Crippen molar-refractivity contribution in [1.82, 2.24) is 9.88 Å². The van der Waals surface area contributed by atoms with Crippen LogP contribution in [0.25, 0.3) is 10.9 Å². The van der Waals surface area contributed by atoms with Gasteiger partial charge < -0.3 is 14.6 Å². The SMILES string of the molecule is CC(=O)Oc1cccc2[nH]cc(C3CN(C)C3)c12. The van der Waals surface area contributed by atoms with Crippen molar-refractivity contribution in [2.45, 2.75) is 12.8 Å². The molecule has 3 rings (SSSR count). The molecule has 1 saturated heterocycles. The molecule has 0 radical (unpaired) electrons. The monoisotopic (exact) mass is 244 g/mol. The standard InChI is InChI=1S/C14H16N2O2/c1-9(17)18-13-5-3-4-12-14(13)11(6-15-12)10-7-16(2)8-10/h3-6,10,15H,7-8H2,1-2H3. The molecule has 94 valence electrons. The van der Waals surface area contributed by atoms with Gasteiger partial charge in [0.05, 0.1) is 0 Å². The Hall–Kier alpha value is -1.81. The molecule has 1 fully saturated rings. The highest BCUT2D eigenvalue weighted by atomic mass is 16.5. The first-order chi connectivity index (χ1) is 8.65. The number of aromatic nitrogens is 1. The molecule has 2 aromatic rings. The third-order valence-corrected chi connectivity index (χ3v) is 3.46. The van der Waals surface area contributed by atoms with E-state index >= 15 is 0 Å². The average Bonchev–Trinajstić information content (AvgIpc) is 2.69. The van der Waals surface area contributed by atoms with Gasteiger partial charge in [0.2, 0.25) is 0 Å². The molecule has 0 bridgehead atoms. The second-order valence-corrected chi connectivity index (χ2v) is 4.93. The molecule has 1 N–H and O–H groups in total. The summed E-state index contributed by atoms with van der Waals surface area (Å²) in [6.45, 7) is 3.55. The van der Waals surface area contributed by atoms with Crippen LogP contribution in [0.15, 0.2) is 24.4 Å². The van der Waals surface area contributed by atoms with Gasteiger partial charge in [-0.3, -0.25) is 4.79 Å². The van der Waals surface area contributed by atoms with E-state index in [-0.39, 0.29) is 5.97 Å². The Bertz CT molecular complexity index is 597. The summed E-state index contributed by atoms with van der Waals surface area (Å²) in [6, 6.07) is 5.76. The number of hydrogen-bond donors (Lipinski definition) is 1. The number of carbonyl (C=O) groups is 1. The molecule has 1 aromatic heterocycles. The predicted octanol–water partition coefficient (Wildman–Crippen LogP) is 2.12. The molecule has 1 aliphatic rings. The molecule has 1 aliphatic heterocycles. The molecule has 0 atom stereocenters. The van der Waals surface area contributed by atoms with Gasteiger partial charge in [-0.15, -0.1) is 0 Å². The van der Waals surface area contributed by atoms with Gasteiger partial charge in [0.1, 0.15) is 5.75 Å². The fraction of sp³-hybridized carbons (Fsp3) is 0.357. The summed E-state index contributed by atoms with van der Waals surface area (Å²) in [5.74, 6) is 0.909.